The van der Waals surface area contributed by atoms with Crippen molar-refractivity contribution in [3.8, 4) is 11.3 Å². The number of benzene rings is 1. The molecule has 0 fully saturated rings. The van der Waals surface area contributed by atoms with E-state index in [2.05, 4.69) is 15.3 Å². The summed E-state index contributed by atoms with van der Waals surface area (Å²) in [5.74, 6) is -2.36. The first kappa shape index (κ1) is 12.8. The number of nitrogens with zero attached hydrogens (tertiary/aromatic N) is 3. The van der Waals surface area contributed by atoms with Crippen molar-refractivity contribution >= 4 is 11.5 Å². The monoisotopic (exact) mass is 266 g/mol. The van der Waals surface area contributed by atoms with E-state index in [0.29, 0.717) is 0 Å². The summed E-state index contributed by atoms with van der Waals surface area (Å²) in [7, 11) is 1.43. The third kappa shape index (κ3) is 2.19. The molecule has 2 aromatic rings. The fourth-order valence-electron chi connectivity index (χ4n) is 1.62. The van der Waals surface area contributed by atoms with Gasteiger partial charge in [0, 0.05) is 12.6 Å². The zero-order chi connectivity index (χ0) is 14.0. The van der Waals surface area contributed by atoms with Crippen molar-refractivity contribution in [2.24, 2.45) is 0 Å². The van der Waals surface area contributed by atoms with Crippen LogP contribution in [-0.2, 0) is 0 Å². The standard InChI is InChI=1S/C11H8F2N4O2/c1-14-11-10(17(18)19)9(15-5-16-11)6-3-2-4-7(12)8(6)13/h2-5H,1H3,(H,14,15,16). The van der Waals surface area contributed by atoms with Gasteiger partial charge in [0.05, 0.1) is 4.92 Å². The highest BCUT2D eigenvalue weighted by atomic mass is 19.2. The number of anilines is 1. The maximum Gasteiger partial charge on any atom is 0.337 e. The summed E-state index contributed by atoms with van der Waals surface area (Å²) < 4.78 is 26.9. The Morgan fingerprint density at radius 1 is 1.32 bits per heavy atom. The molecular weight excluding hydrogens is 258 g/mol. The summed E-state index contributed by atoms with van der Waals surface area (Å²) in [5.41, 5.74) is -1.07. The SMILES string of the molecule is CNc1ncnc(-c2cccc(F)c2F)c1[N+](=O)[O-]. The summed E-state index contributed by atoms with van der Waals surface area (Å²) in [5, 5.41) is 13.6. The Morgan fingerprint density at radius 3 is 2.68 bits per heavy atom. The van der Waals surface area contributed by atoms with Gasteiger partial charge in [0.15, 0.2) is 17.3 Å². The number of halogens is 2. The van der Waals surface area contributed by atoms with E-state index in [1.54, 1.807) is 0 Å². The van der Waals surface area contributed by atoms with Crippen LogP contribution in [0, 0.1) is 21.7 Å². The molecule has 19 heavy (non-hydrogen) atoms. The predicted octanol–water partition coefficient (Wildman–Crippen LogP) is 2.37. The number of aromatic nitrogens is 2. The van der Waals surface area contributed by atoms with Crippen molar-refractivity contribution in [2.45, 2.75) is 0 Å². The lowest BCUT2D eigenvalue weighted by atomic mass is 10.1. The minimum Gasteiger partial charge on any atom is -0.367 e. The molecule has 0 bridgehead atoms. The summed E-state index contributed by atoms with van der Waals surface area (Å²) in [6.45, 7) is 0. The molecule has 1 aromatic heterocycles. The molecule has 0 atom stereocenters. The van der Waals surface area contributed by atoms with E-state index in [-0.39, 0.29) is 17.1 Å². The number of nitro groups is 1. The molecule has 0 saturated carbocycles. The second-order valence-electron chi connectivity index (χ2n) is 3.53. The topological polar surface area (TPSA) is 81.0 Å². The highest BCUT2D eigenvalue weighted by molar-refractivity contribution is 5.76. The Balaban J connectivity index is 2.75. The van der Waals surface area contributed by atoms with Crippen molar-refractivity contribution in [1.29, 1.82) is 0 Å². The molecular formula is C11H8F2N4O2. The van der Waals surface area contributed by atoms with E-state index in [9.17, 15) is 18.9 Å². The molecule has 0 aliphatic heterocycles. The van der Waals surface area contributed by atoms with E-state index in [1.165, 1.54) is 19.2 Å². The zero-order valence-corrected chi connectivity index (χ0v) is 9.72. The second kappa shape index (κ2) is 4.92. The molecule has 0 saturated heterocycles. The molecule has 0 amide bonds. The fraction of sp³-hybridized carbons (Fsp3) is 0.0909. The minimum atomic E-state index is -1.19. The molecule has 6 nitrogen and oxygen atoms in total. The third-order valence-electron chi connectivity index (χ3n) is 2.45. The van der Waals surface area contributed by atoms with E-state index >= 15 is 0 Å². The molecule has 0 aliphatic rings. The Hall–Kier alpha value is -2.64. The van der Waals surface area contributed by atoms with Crippen LogP contribution in [0.1, 0.15) is 0 Å². The number of nitrogens with one attached hydrogen (secondary N) is 1. The average Bonchev–Trinajstić information content (AvgIpc) is 2.40. The van der Waals surface area contributed by atoms with Gasteiger partial charge >= 0.3 is 5.69 Å². The normalized spacial score (nSPS) is 10.3. The van der Waals surface area contributed by atoms with Crippen molar-refractivity contribution in [2.75, 3.05) is 12.4 Å². The molecule has 8 heteroatoms. The first-order valence-electron chi connectivity index (χ1n) is 5.17. The summed E-state index contributed by atoms with van der Waals surface area (Å²) in [6.07, 6.45) is 1.04. The lowest BCUT2D eigenvalue weighted by Crippen LogP contribution is -2.04. The van der Waals surface area contributed by atoms with Gasteiger partial charge < -0.3 is 5.32 Å². The fourth-order valence-corrected chi connectivity index (χ4v) is 1.62. The van der Waals surface area contributed by atoms with Crippen LogP contribution in [0.25, 0.3) is 11.3 Å². The Kier molecular flexibility index (Phi) is 3.32. The Bertz CT molecular complexity index is 649. The molecule has 1 heterocycles. The van der Waals surface area contributed by atoms with E-state index in [1.807, 2.05) is 0 Å². The Morgan fingerprint density at radius 2 is 2.05 bits per heavy atom. The molecule has 0 spiro atoms. The van der Waals surface area contributed by atoms with Crippen LogP contribution in [-0.4, -0.2) is 21.9 Å². The predicted molar refractivity (Wildman–Crippen MR) is 63.6 cm³/mol. The van der Waals surface area contributed by atoms with Crippen LogP contribution in [0.3, 0.4) is 0 Å². The lowest BCUT2D eigenvalue weighted by Gasteiger charge is -2.06. The first-order valence-corrected chi connectivity index (χ1v) is 5.17. The molecule has 2 rings (SSSR count). The summed E-state index contributed by atoms with van der Waals surface area (Å²) in [6, 6.07) is 3.39. The second-order valence-corrected chi connectivity index (χ2v) is 3.53. The van der Waals surface area contributed by atoms with Gasteiger partial charge in [-0.3, -0.25) is 10.1 Å². The van der Waals surface area contributed by atoms with Crippen molar-refractivity contribution in [3.63, 3.8) is 0 Å². The van der Waals surface area contributed by atoms with Crippen LogP contribution in [0.2, 0.25) is 0 Å². The van der Waals surface area contributed by atoms with Gasteiger partial charge in [0.25, 0.3) is 0 Å². The highest BCUT2D eigenvalue weighted by Gasteiger charge is 2.25. The maximum atomic E-state index is 13.7. The van der Waals surface area contributed by atoms with Crippen LogP contribution in [0.15, 0.2) is 24.5 Å². The lowest BCUT2D eigenvalue weighted by molar-refractivity contribution is -0.383. The average molecular weight is 266 g/mol. The minimum absolute atomic E-state index is 0.0707. The van der Waals surface area contributed by atoms with Gasteiger partial charge in [0.2, 0.25) is 5.82 Å². The largest absolute Gasteiger partial charge is 0.367 e. The third-order valence-corrected chi connectivity index (χ3v) is 2.45. The van der Waals surface area contributed by atoms with Crippen LogP contribution < -0.4 is 5.32 Å². The molecule has 0 aliphatic carbocycles. The number of hydrogen-bond acceptors (Lipinski definition) is 5. The van der Waals surface area contributed by atoms with Crippen LogP contribution in [0.5, 0.6) is 0 Å². The van der Waals surface area contributed by atoms with E-state index < -0.39 is 22.2 Å². The van der Waals surface area contributed by atoms with Gasteiger partial charge in [-0.25, -0.2) is 18.7 Å². The molecule has 1 N–H and O–H groups in total. The van der Waals surface area contributed by atoms with Gasteiger partial charge in [0.1, 0.15) is 6.33 Å². The first-order chi connectivity index (χ1) is 9.06. The van der Waals surface area contributed by atoms with Crippen molar-refractivity contribution in [1.82, 2.24) is 9.97 Å². The van der Waals surface area contributed by atoms with Gasteiger partial charge in [-0.2, -0.15) is 0 Å². The quantitative estimate of drug-likeness (QED) is 0.681. The van der Waals surface area contributed by atoms with Crippen LogP contribution in [0.4, 0.5) is 20.3 Å². The number of rotatable bonds is 3. The van der Waals surface area contributed by atoms with Gasteiger partial charge in [-0.05, 0) is 12.1 Å². The van der Waals surface area contributed by atoms with Crippen molar-refractivity contribution in [3.05, 3.63) is 46.3 Å². The van der Waals surface area contributed by atoms with Gasteiger partial charge in [-0.15, -0.1) is 0 Å². The molecule has 0 radical (unpaired) electrons. The smallest absolute Gasteiger partial charge is 0.337 e. The zero-order valence-electron chi connectivity index (χ0n) is 9.72. The van der Waals surface area contributed by atoms with E-state index in [4.69, 9.17) is 0 Å². The molecule has 98 valence electrons. The highest BCUT2D eigenvalue weighted by Crippen LogP contribution is 2.34. The Labute approximate surface area is 106 Å². The molecule has 0 unspecified atom stereocenters. The number of hydrogen-bond donors (Lipinski definition) is 1. The summed E-state index contributed by atoms with van der Waals surface area (Å²) >= 11 is 0. The van der Waals surface area contributed by atoms with Crippen LogP contribution >= 0.6 is 0 Å². The maximum absolute atomic E-state index is 13.7. The molecule has 1 aromatic carbocycles. The van der Waals surface area contributed by atoms with Crippen molar-refractivity contribution < 1.29 is 13.7 Å². The van der Waals surface area contributed by atoms with Gasteiger partial charge in [-0.1, -0.05) is 6.07 Å². The van der Waals surface area contributed by atoms with E-state index in [0.717, 1.165) is 12.4 Å². The summed E-state index contributed by atoms with van der Waals surface area (Å²) in [4.78, 5) is 17.7.